The van der Waals surface area contributed by atoms with Gasteiger partial charge in [0, 0.05) is 0 Å². The van der Waals surface area contributed by atoms with E-state index in [4.69, 9.17) is 0 Å². The Bertz CT molecular complexity index is 349. The molecular weight excluding hydrogens is 205 g/mol. The number of allylic oxidation sites excluding steroid dienone is 2. The van der Waals surface area contributed by atoms with Gasteiger partial charge in [-0.2, -0.15) is 0 Å². The molecule has 0 aliphatic rings. The third kappa shape index (κ3) is 4.35. The predicted molar refractivity (Wildman–Crippen MR) is 52.4 cm³/mol. The largest absolute Gasteiger partial charge is 0.573 e. The van der Waals surface area contributed by atoms with Crippen molar-refractivity contribution in [2.24, 2.45) is 0 Å². The minimum Gasteiger partial charge on any atom is -0.406 e. The number of alkyl halides is 3. The van der Waals surface area contributed by atoms with Crippen LogP contribution in [0.5, 0.6) is 5.75 Å². The van der Waals surface area contributed by atoms with E-state index in [1.165, 1.54) is 24.3 Å². The van der Waals surface area contributed by atoms with E-state index in [1.807, 2.05) is 0 Å². The summed E-state index contributed by atoms with van der Waals surface area (Å²) < 4.78 is 39.1. The van der Waals surface area contributed by atoms with E-state index in [0.717, 1.165) is 5.56 Å². The van der Waals surface area contributed by atoms with Crippen molar-refractivity contribution in [3.05, 3.63) is 48.6 Å². The molecule has 0 bridgehead atoms. The van der Waals surface area contributed by atoms with Crippen LogP contribution in [0.1, 0.15) is 5.56 Å². The highest BCUT2D eigenvalue weighted by molar-refractivity contribution is 5.51. The summed E-state index contributed by atoms with van der Waals surface area (Å²) in [5, 5.41) is 0. The third-order valence-corrected chi connectivity index (χ3v) is 1.54. The summed E-state index contributed by atoms with van der Waals surface area (Å²) in [6, 6.07) is 5.58. The SMILES string of the molecule is C=C/C=C\c1ccc(OC(F)(F)F)cc1. The van der Waals surface area contributed by atoms with Gasteiger partial charge >= 0.3 is 6.36 Å². The van der Waals surface area contributed by atoms with Gasteiger partial charge in [0.1, 0.15) is 5.75 Å². The lowest BCUT2D eigenvalue weighted by molar-refractivity contribution is -0.274. The number of halogens is 3. The van der Waals surface area contributed by atoms with E-state index in [1.54, 1.807) is 18.2 Å². The van der Waals surface area contributed by atoms with Crippen molar-refractivity contribution in [1.29, 1.82) is 0 Å². The van der Waals surface area contributed by atoms with Gasteiger partial charge < -0.3 is 4.74 Å². The Hall–Kier alpha value is -1.71. The molecule has 0 aromatic heterocycles. The monoisotopic (exact) mass is 214 g/mol. The maximum atomic E-state index is 11.8. The van der Waals surface area contributed by atoms with Crippen molar-refractivity contribution in [1.82, 2.24) is 0 Å². The van der Waals surface area contributed by atoms with Crippen molar-refractivity contribution >= 4 is 6.08 Å². The van der Waals surface area contributed by atoms with Gasteiger partial charge in [-0.05, 0) is 17.7 Å². The fourth-order valence-electron chi connectivity index (χ4n) is 0.960. The van der Waals surface area contributed by atoms with Gasteiger partial charge in [-0.25, -0.2) is 0 Å². The minimum absolute atomic E-state index is 0.224. The second kappa shape index (κ2) is 4.68. The molecule has 0 fully saturated rings. The van der Waals surface area contributed by atoms with Gasteiger partial charge in [0.15, 0.2) is 0 Å². The summed E-state index contributed by atoms with van der Waals surface area (Å²) in [6.07, 6.45) is 0.364. The van der Waals surface area contributed by atoms with Crippen LogP contribution >= 0.6 is 0 Å². The summed E-state index contributed by atoms with van der Waals surface area (Å²) in [7, 11) is 0. The Balaban J connectivity index is 2.72. The van der Waals surface area contributed by atoms with Crippen molar-refractivity contribution in [3.63, 3.8) is 0 Å². The van der Waals surface area contributed by atoms with Crippen LogP contribution in [0, 0.1) is 0 Å². The van der Waals surface area contributed by atoms with Crippen molar-refractivity contribution in [3.8, 4) is 5.75 Å². The van der Waals surface area contributed by atoms with Gasteiger partial charge in [0.25, 0.3) is 0 Å². The average molecular weight is 214 g/mol. The standard InChI is InChI=1S/C11H9F3O/c1-2-3-4-9-5-7-10(8-6-9)15-11(12,13)14/h2-8H,1H2/b4-3-. The molecule has 4 heteroatoms. The Morgan fingerprint density at radius 3 is 2.20 bits per heavy atom. The van der Waals surface area contributed by atoms with Gasteiger partial charge in [0.05, 0.1) is 0 Å². The molecule has 0 spiro atoms. The van der Waals surface area contributed by atoms with E-state index < -0.39 is 6.36 Å². The molecule has 1 aromatic carbocycles. The van der Waals surface area contributed by atoms with E-state index in [9.17, 15) is 13.2 Å². The summed E-state index contributed by atoms with van der Waals surface area (Å²) in [6.45, 7) is 3.48. The summed E-state index contributed by atoms with van der Waals surface area (Å²) in [4.78, 5) is 0. The molecule has 15 heavy (non-hydrogen) atoms. The molecule has 1 nitrogen and oxygen atoms in total. The molecule has 0 N–H and O–H groups in total. The molecule has 0 aliphatic heterocycles. The molecule has 0 unspecified atom stereocenters. The van der Waals surface area contributed by atoms with Crippen LogP contribution in [0.25, 0.3) is 6.08 Å². The first-order valence-electron chi connectivity index (χ1n) is 4.16. The molecule has 0 saturated heterocycles. The van der Waals surface area contributed by atoms with Crippen LogP contribution in [-0.2, 0) is 0 Å². The number of benzene rings is 1. The molecule has 0 aliphatic carbocycles. The zero-order chi connectivity index (χ0) is 11.3. The zero-order valence-corrected chi connectivity index (χ0v) is 7.79. The lowest BCUT2D eigenvalue weighted by atomic mass is 10.2. The first-order chi connectivity index (χ1) is 7.01. The number of rotatable bonds is 3. The first kappa shape index (κ1) is 11.4. The summed E-state index contributed by atoms with van der Waals surface area (Å²) in [5.41, 5.74) is 0.782. The number of ether oxygens (including phenoxy) is 1. The van der Waals surface area contributed by atoms with E-state index in [2.05, 4.69) is 11.3 Å². The molecule has 0 atom stereocenters. The lowest BCUT2D eigenvalue weighted by Gasteiger charge is -2.08. The zero-order valence-electron chi connectivity index (χ0n) is 7.79. The maximum absolute atomic E-state index is 11.8. The fourth-order valence-corrected chi connectivity index (χ4v) is 0.960. The lowest BCUT2D eigenvalue weighted by Crippen LogP contribution is -2.16. The highest BCUT2D eigenvalue weighted by atomic mass is 19.4. The second-order valence-electron chi connectivity index (χ2n) is 2.71. The van der Waals surface area contributed by atoms with E-state index in [0.29, 0.717) is 0 Å². The fraction of sp³-hybridized carbons (Fsp3) is 0.0909. The molecule has 1 rings (SSSR count). The van der Waals surface area contributed by atoms with E-state index in [-0.39, 0.29) is 5.75 Å². The van der Waals surface area contributed by atoms with Crippen LogP contribution in [0.4, 0.5) is 13.2 Å². The van der Waals surface area contributed by atoms with Gasteiger partial charge in [-0.3, -0.25) is 0 Å². The molecule has 0 radical (unpaired) electrons. The average Bonchev–Trinajstić information content (AvgIpc) is 2.14. The van der Waals surface area contributed by atoms with Crippen LogP contribution in [-0.4, -0.2) is 6.36 Å². The maximum Gasteiger partial charge on any atom is 0.573 e. The summed E-state index contributed by atoms with van der Waals surface area (Å²) >= 11 is 0. The highest BCUT2D eigenvalue weighted by Crippen LogP contribution is 2.22. The number of hydrogen-bond acceptors (Lipinski definition) is 1. The molecule has 0 saturated carbocycles. The van der Waals surface area contributed by atoms with Crippen LogP contribution < -0.4 is 4.74 Å². The Morgan fingerprint density at radius 2 is 1.73 bits per heavy atom. The van der Waals surface area contributed by atoms with Gasteiger partial charge in [-0.15, -0.1) is 13.2 Å². The predicted octanol–water partition coefficient (Wildman–Crippen LogP) is 3.78. The van der Waals surface area contributed by atoms with E-state index >= 15 is 0 Å². The third-order valence-electron chi connectivity index (χ3n) is 1.54. The molecule has 1 aromatic rings. The van der Waals surface area contributed by atoms with Gasteiger partial charge in [0.2, 0.25) is 0 Å². The summed E-state index contributed by atoms with van der Waals surface area (Å²) in [5.74, 6) is -0.224. The first-order valence-corrected chi connectivity index (χ1v) is 4.16. The Morgan fingerprint density at radius 1 is 1.13 bits per heavy atom. The molecule has 0 amide bonds. The highest BCUT2D eigenvalue weighted by Gasteiger charge is 2.30. The molecule has 80 valence electrons. The van der Waals surface area contributed by atoms with Crippen molar-refractivity contribution < 1.29 is 17.9 Å². The van der Waals surface area contributed by atoms with Crippen LogP contribution in [0.2, 0.25) is 0 Å². The quantitative estimate of drug-likeness (QED) is 0.695. The smallest absolute Gasteiger partial charge is 0.406 e. The minimum atomic E-state index is -4.64. The van der Waals surface area contributed by atoms with Crippen LogP contribution in [0.15, 0.2) is 43.0 Å². The second-order valence-corrected chi connectivity index (χ2v) is 2.71. The molecular formula is C11H9F3O. The van der Waals surface area contributed by atoms with Crippen molar-refractivity contribution in [2.75, 3.05) is 0 Å². The number of hydrogen-bond donors (Lipinski definition) is 0. The Labute approximate surface area is 85.5 Å². The van der Waals surface area contributed by atoms with Crippen LogP contribution in [0.3, 0.4) is 0 Å². The Kier molecular flexibility index (Phi) is 3.55. The topological polar surface area (TPSA) is 9.23 Å². The normalized spacial score (nSPS) is 11.7. The van der Waals surface area contributed by atoms with Crippen molar-refractivity contribution in [2.45, 2.75) is 6.36 Å². The van der Waals surface area contributed by atoms with Gasteiger partial charge in [-0.1, -0.05) is 36.9 Å². The molecule has 0 heterocycles.